The number of carbonyl (C=O) groups is 2. The summed E-state index contributed by atoms with van der Waals surface area (Å²) in [5.41, 5.74) is -0.290. The predicted octanol–water partition coefficient (Wildman–Crippen LogP) is 0.921. The lowest BCUT2D eigenvalue weighted by Gasteiger charge is -2.43. The maximum absolute atomic E-state index is 12.1. The summed E-state index contributed by atoms with van der Waals surface area (Å²) in [6.07, 6.45) is 1.80. The van der Waals surface area contributed by atoms with Gasteiger partial charge >= 0.3 is 5.97 Å². The van der Waals surface area contributed by atoms with E-state index in [-0.39, 0.29) is 11.3 Å². The molecule has 0 radical (unpaired) electrons. The van der Waals surface area contributed by atoms with Crippen molar-refractivity contribution in [3.05, 3.63) is 11.8 Å². The van der Waals surface area contributed by atoms with Crippen molar-refractivity contribution in [3.63, 3.8) is 0 Å². The first-order chi connectivity index (χ1) is 8.20. The van der Waals surface area contributed by atoms with Crippen molar-refractivity contribution in [1.29, 1.82) is 0 Å². The van der Waals surface area contributed by atoms with Crippen molar-refractivity contribution < 1.29 is 18.9 Å². The van der Waals surface area contributed by atoms with Crippen molar-refractivity contribution in [2.45, 2.75) is 50.3 Å². The second-order valence-electron chi connectivity index (χ2n) is 5.52. The van der Waals surface area contributed by atoms with Gasteiger partial charge in [-0.05, 0) is 38.9 Å². The number of nitrogens with zero attached hydrogens (tertiary/aromatic N) is 1. The van der Waals surface area contributed by atoms with Crippen LogP contribution in [0.1, 0.15) is 34.1 Å². The third-order valence-corrected chi connectivity index (χ3v) is 4.80. The van der Waals surface area contributed by atoms with E-state index in [0.29, 0.717) is 12.0 Å². The fourth-order valence-electron chi connectivity index (χ4n) is 1.92. The van der Waals surface area contributed by atoms with E-state index in [1.807, 2.05) is 0 Å². The van der Waals surface area contributed by atoms with Crippen LogP contribution >= 0.6 is 0 Å². The second-order valence-corrected chi connectivity index (χ2v) is 7.43. The Hall–Kier alpha value is -1.01. The normalized spacial score (nSPS) is 31.4. The van der Waals surface area contributed by atoms with E-state index in [0.717, 1.165) is 0 Å². The highest BCUT2D eigenvalue weighted by molar-refractivity contribution is 7.93. The zero-order valence-electron chi connectivity index (χ0n) is 10.9. The van der Waals surface area contributed by atoms with E-state index in [1.165, 1.54) is 11.1 Å². The Morgan fingerprint density at radius 1 is 1.56 bits per heavy atom. The molecule has 6 heteroatoms. The molecule has 0 saturated carbocycles. The summed E-state index contributed by atoms with van der Waals surface area (Å²) in [5.74, 6) is -0.595. The Morgan fingerprint density at radius 2 is 2.17 bits per heavy atom. The van der Waals surface area contributed by atoms with E-state index >= 15 is 0 Å². The van der Waals surface area contributed by atoms with Gasteiger partial charge in [0.15, 0.2) is 0 Å². The van der Waals surface area contributed by atoms with Gasteiger partial charge in [0, 0.05) is 6.20 Å². The van der Waals surface area contributed by atoms with Gasteiger partial charge in [0.1, 0.15) is 16.4 Å². The molecular weight excluding hydrogens is 254 g/mol. The Balaban J connectivity index is 2.21. The third-order valence-electron chi connectivity index (χ3n) is 2.91. The third kappa shape index (κ3) is 2.27. The van der Waals surface area contributed by atoms with Crippen molar-refractivity contribution in [1.82, 2.24) is 4.90 Å². The summed E-state index contributed by atoms with van der Waals surface area (Å²) >= 11 is -1.24. The number of rotatable bonds is 1. The predicted molar refractivity (Wildman–Crippen MR) is 66.8 cm³/mol. The first-order valence-electron chi connectivity index (χ1n) is 5.86. The average molecular weight is 271 g/mol. The smallest absolute Gasteiger partial charge is 0.341 e. The van der Waals surface area contributed by atoms with E-state index in [9.17, 15) is 14.1 Å². The molecule has 2 unspecified atom stereocenters. The summed E-state index contributed by atoms with van der Waals surface area (Å²) in [6.45, 7) is 7.04. The Kier molecular flexibility index (Phi) is 3.19. The van der Waals surface area contributed by atoms with Crippen molar-refractivity contribution in [2.75, 3.05) is 0 Å². The second kappa shape index (κ2) is 4.28. The molecule has 2 heterocycles. The van der Waals surface area contributed by atoms with E-state index < -0.39 is 28.0 Å². The molecule has 5 nitrogen and oxygen atoms in total. The van der Waals surface area contributed by atoms with Gasteiger partial charge in [0.2, 0.25) is 11.3 Å². The van der Waals surface area contributed by atoms with Crippen LogP contribution in [0.3, 0.4) is 0 Å². The Labute approximate surface area is 109 Å². The minimum atomic E-state index is -1.24. The number of β-lactam (4-membered cyclic amide) rings is 1. The first kappa shape index (κ1) is 13.4. The van der Waals surface area contributed by atoms with Crippen molar-refractivity contribution in [2.24, 2.45) is 0 Å². The van der Waals surface area contributed by atoms with E-state index in [2.05, 4.69) is 0 Å². The fraction of sp³-hybridized carbons (Fsp3) is 0.667. The number of carbonyl (C=O) groups excluding carboxylic acids is 2. The molecule has 0 aliphatic carbocycles. The van der Waals surface area contributed by atoms with Gasteiger partial charge < -0.3 is 9.29 Å². The number of hydrogen-bond donors (Lipinski definition) is 0. The van der Waals surface area contributed by atoms with Gasteiger partial charge in [-0.1, -0.05) is 0 Å². The lowest BCUT2D eigenvalue weighted by atomic mass is 10.1. The Bertz CT molecular complexity index is 426. The summed E-state index contributed by atoms with van der Waals surface area (Å²) in [4.78, 5) is 24.7. The van der Waals surface area contributed by atoms with Gasteiger partial charge in [-0.3, -0.25) is 9.69 Å². The lowest BCUT2D eigenvalue weighted by molar-refractivity contribution is -0.150. The van der Waals surface area contributed by atoms with Gasteiger partial charge in [-0.2, -0.15) is 0 Å². The summed E-state index contributed by atoms with van der Waals surface area (Å²) in [6, 6.07) is 0. The molecule has 0 spiro atoms. The average Bonchev–Trinajstić information content (AvgIpc) is 2.20. The molecule has 0 aromatic carbocycles. The zero-order valence-corrected chi connectivity index (χ0v) is 11.7. The van der Waals surface area contributed by atoms with Crippen LogP contribution in [0.5, 0.6) is 0 Å². The van der Waals surface area contributed by atoms with Crippen molar-refractivity contribution >= 4 is 23.1 Å². The standard InChI is InChI=1S/C12H17NO4S/c1-7-8(11(15)17-12(2,3)4)6-13-9(14)5-10(13)18(7)16/h6-7,10H,5H2,1-4H3/t7?,10-,18?/m1/s1. The molecule has 100 valence electrons. The van der Waals surface area contributed by atoms with Crippen LogP contribution in [0.25, 0.3) is 0 Å². The zero-order chi connectivity index (χ0) is 13.7. The molecule has 2 rings (SSSR count). The Morgan fingerprint density at radius 3 is 2.67 bits per heavy atom. The van der Waals surface area contributed by atoms with Gasteiger partial charge in [-0.25, -0.2) is 4.79 Å². The molecule has 0 aromatic heterocycles. The summed E-state index contributed by atoms with van der Waals surface area (Å²) < 4.78 is 17.3. The molecule has 1 fully saturated rings. The number of hydrogen-bond acceptors (Lipinski definition) is 4. The molecule has 2 aliphatic rings. The largest absolute Gasteiger partial charge is 0.614 e. The van der Waals surface area contributed by atoms with E-state index in [4.69, 9.17) is 4.74 Å². The first-order valence-corrected chi connectivity index (χ1v) is 7.14. The topological polar surface area (TPSA) is 69.7 Å². The fourth-order valence-corrected chi connectivity index (χ4v) is 3.51. The molecule has 1 saturated heterocycles. The number of esters is 1. The molecule has 3 atom stereocenters. The van der Waals surface area contributed by atoms with Crippen LogP contribution < -0.4 is 0 Å². The number of ether oxygens (including phenoxy) is 1. The number of amides is 1. The van der Waals surface area contributed by atoms with Gasteiger partial charge in [-0.15, -0.1) is 0 Å². The number of fused-ring (bicyclic) bond motifs is 1. The van der Waals surface area contributed by atoms with Gasteiger partial charge in [0.25, 0.3) is 0 Å². The summed E-state index contributed by atoms with van der Waals surface area (Å²) in [5, 5.41) is -0.659. The molecular formula is C12H17NO4S. The maximum atomic E-state index is 12.1. The molecule has 18 heavy (non-hydrogen) atoms. The van der Waals surface area contributed by atoms with Crippen LogP contribution in [0.2, 0.25) is 0 Å². The van der Waals surface area contributed by atoms with Crippen molar-refractivity contribution in [3.8, 4) is 0 Å². The minimum absolute atomic E-state index is 0.0960. The van der Waals surface area contributed by atoms with Crippen LogP contribution in [-0.4, -0.2) is 37.6 Å². The SMILES string of the molecule is CC1C(C(=O)OC(C)(C)C)=CN2C(=O)C[C@H]2[S+]1[O-]. The maximum Gasteiger partial charge on any atom is 0.341 e. The molecule has 0 bridgehead atoms. The quantitative estimate of drug-likeness (QED) is 0.404. The minimum Gasteiger partial charge on any atom is -0.614 e. The highest BCUT2D eigenvalue weighted by Crippen LogP contribution is 2.35. The van der Waals surface area contributed by atoms with Crippen LogP contribution in [-0.2, 0) is 25.5 Å². The molecule has 0 N–H and O–H groups in total. The monoisotopic (exact) mass is 271 g/mol. The van der Waals surface area contributed by atoms with Crippen LogP contribution in [0, 0.1) is 0 Å². The molecule has 0 aromatic rings. The van der Waals surface area contributed by atoms with E-state index in [1.54, 1.807) is 27.7 Å². The van der Waals surface area contributed by atoms with Gasteiger partial charge in [0.05, 0.1) is 6.42 Å². The molecule has 1 amide bonds. The highest BCUT2D eigenvalue weighted by atomic mass is 32.2. The molecule has 2 aliphatic heterocycles. The van der Waals surface area contributed by atoms with Crippen LogP contribution in [0.4, 0.5) is 0 Å². The van der Waals surface area contributed by atoms with Crippen LogP contribution in [0.15, 0.2) is 11.8 Å². The highest BCUT2D eigenvalue weighted by Gasteiger charge is 2.51. The lowest BCUT2D eigenvalue weighted by Crippen LogP contribution is -2.59. The summed E-state index contributed by atoms with van der Waals surface area (Å²) in [7, 11) is 0.